The summed E-state index contributed by atoms with van der Waals surface area (Å²) in [6.45, 7) is 0.337. The van der Waals surface area contributed by atoms with E-state index in [0.29, 0.717) is 12.4 Å². The van der Waals surface area contributed by atoms with Crippen LogP contribution in [0, 0.1) is 0 Å². The highest BCUT2D eigenvalue weighted by atomic mass is 79.9. The Bertz CT molecular complexity index is 748. The van der Waals surface area contributed by atoms with Crippen LogP contribution in [-0.4, -0.2) is 15.5 Å². The first-order valence-corrected chi connectivity index (χ1v) is 8.41. The van der Waals surface area contributed by atoms with Gasteiger partial charge in [0.2, 0.25) is 10.0 Å². The molecule has 0 aliphatic heterocycles. The van der Waals surface area contributed by atoms with Crippen LogP contribution in [0.5, 0.6) is 5.75 Å². The van der Waals surface area contributed by atoms with Gasteiger partial charge in [0, 0.05) is 10.0 Å². The van der Waals surface area contributed by atoms with Crippen LogP contribution in [-0.2, 0) is 16.6 Å². The van der Waals surface area contributed by atoms with Gasteiger partial charge in [-0.25, -0.2) is 13.1 Å². The molecule has 0 aliphatic carbocycles. The lowest BCUT2D eigenvalue weighted by atomic mass is 10.2. The van der Waals surface area contributed by atoms with Gasteiger partial charge in [-0.15, -0.1) is 0 Å². The highest BCUT2D eigenvalue weighted by Crippen LogP contribution is 2.26. The Morgan fingerprint density at radius 1 is 1.24 bits per heavy atom. The van der Waals surface area contributed by atoms with Crippen LogP contribution < -0.4 is 15.2 Å². The Balaban J connectivity index is 2.17. The lowest BCUT2D eigenvalue weighted by Crippen LogP contribution is -2.18. The zero-order chi connectivity index (χ0) is 15.5. The number of hydrogen-bond acceptors (Lipinski definition) is 4. The third-order valence-corrected chi connectivity index (χ3v) is 5.09. The van der Waals surface area contributed by atoms with E-state index in [1.165, 1.54) is 19.2 Å². The topological polar surface area (TPSA) is 81.4 Å². The van der Waals surface area contributed by atoms with Crippen molar-refractivity contribution in [2.75, 3.05) is 12.8 Å². The molecule has 0 aromatic heterocycles. The fourth-order valence-corrected chi connectivity index (χ4v) is 2.88. The molecule has 0 spiro atoms. The maximum absolute atomic E-state index is 11.7. The second-order valence-electron chi connectivity index (χ2n) is 4.29. The molecule has 0 fully saturated rings. The molecule has 2 aromatic carbocycles. The van der Waals surface area contributed by atoms with E-state index in [1.807, 2.05) is 24.3 Å². The molecule has 0 aliphatic rings. The number of halogens is 1. The van der Waals surface area contributed by atoms with Crippen molar-refractivity contribution in [1.29, 1.82) is 0 Å². The molecule has 21 heavy (non-hydrogen) atoms. The number of hydrogen-bond donors (Lipinski definition) is 2. The summed E-state index contributed by atoms with van der Waals surface area (Å²) in [6, 6.07) is 12.1. The SMILES string of the molecule is CNS(=O)(=O)c1ccc(OCc2ccccc2Br)c(N)c1. The number of nitrogens with one attached hydrogen (secondary N) is 1. The largest absolute Gasteiger partial charge is 0.487 e. The molecule has 0 atom stereocenters. The predicted octanol–water partition coefficient (Wildman–Crippen LogP) is 2.52. The Kier molecular flexibility index (Phi) is 4.87. The van der Waals surface area contributed by atoms with Crippen LogP contribution in [0.2, 0.25) is 0 Å². The molecule has 2 aromatic rings. The standard InChI is InChI=1S/C14H15BrN2O3S/c1-17-21(18,19)11-6-7-14(13(16)8-11)20-9-10-4-2-3-5-12(10)15/h2-8,17H,9,16H2,1H3. The zero-order valence-electron chi connectivity index (χ0n) is 11.3. The number of rotatable bonds is 5. The summed E-state index contributed by atoms with van der Waals surface area (Å²) in [5.74, 6) is 0.445. The number of benzene rings is 2. The van der Waals surface area contributed by atoms with Crippen LogP contribution in [0.1, 0.15) is 5.56 Å². The van der Waals surface area contributed by atoms with E-state index in [1.54, 1.807) is 6.07 Å². The average molecular weight is 371 g/mol. The summed E-state index contributed by atoms with van der Waals surface area (Å²) < 4.78 is 32.2. The minimum Gasteiger partial charge on any atom is -0.487 e. The highest BCUT2D eigenvalue weighted by Gasteiger charge is 2.13. The Morgan fingerprint density at radius 2 is 1.95 bits per heavy atom. The summed E-state index contributed by atoms with van der Waals surface area (Å²) in [6.07, 6.45) is 0. The van der Waals surface area contributed by atoms with Gasteiger partial charge in [-0.05, 0) is 31.3 Å². The first-order valence-electron chi connectivity index (χ1n) is 6.13. The van der Waals surface area contributed by atoms with E-state index in [-0.39, 0.29) is 10.6 Å². The minimum absolute atomic E-state index is 0.107. The zero-order valence-corrected chi connectivity index (χ0v) is 13.7. The van der Waals surface area contributed by atoms with Gasteiger partial charge in [0.1, 0.15) is 12.4 Å². The van der Waals surface area contributed by atoms with Gasteiger partial charge in [-0.1, -0.05) is 34.1 Å². The van der Waals surface area contributed by atoms with Crippen LogP contribution in [0.4, 0.5) is 5.69 Å². The molecule has 0 saturated carbocycles. The molecule has 0 heterocycles. The monoisotopic (exact) mass is 370 g/mol. The molecule has 3 N–H and O–H groups in total. The van der Waals surface area contributed by atoms with E-state index in [9.17, 15) is 8.42 Å². The summed E-state index contributed by atoms with van der Waals surface area (Å²) in [7, 11) is -2.15. The summed E-state index contributed by atoms with van der Waals surface area (Å²) in [4.78, 5) is 0.107. The first-order chi connectivity index (χ1) is 9.94. The smallest absolute Gasteiger partial charge is 0.240 e. The lowest BCUT2D eigenvalue weighted by molar-refractivity contribution is 0.307. The van der Waals surface area contributed by atoms with Crippen molar-refractivity contribution in [3.63, 3.8) is 0 Å². The van der Waals surface area contributed by atoms with Crippen molar-refractivity contribution in [2.45, 2.75) is 11.5 Å². The number of nitrogens with two attached hydrogens (primary N) is 1. The quantitative estimate of drug-likeness (QED) is 0.792. The first kappa shape index (κ1) is 15.8. The van der Waals surface area contributed by atoms with Crippen LogP contribution in [0.25, 0.3) is 0 Å². The van der Waals surface area contributed by atoms with E-state index >= 15 is 0 Å². The molecule has 2 rings (SSSR count). The number of nitrogen functional groups attached to an aromatic ring is 1. The third-order valence-electron chi connectivity index (χ3n) is 2.90. The summed E-state index contributed by atoms with van der Waals surface area (Å²) >= 11 is 3.44. The summed E-state index contributed by atoms with van der Waals surface area (Å²) in [5.41, 5.74) is 7.10. The molecule has 0 radical (unpaired) electrons. The van der Waals surface area contributed by atoms with Crippen molar-refractivity contribution >= 4 is 31.6 Å². The Labute approximate surface area is 132 Å². The van der Waals surface area contributed by atoms with Crippen molar-refractivity contribution in [1.82, 2.24) is 4.72 Å². The highest BCUT2D eigenvalue weighted by molar-refractivity contribution is 9.10. The van der Waals surface area contributed by atoms with Gasteiger partial charge in [-0.3, -0.25) is 0 Å². The van der Waals surface area contributed by atoms with Gasteiger partial charge in [0.15, 0.2) is 0 Å². The van der Waals surface area contributed by atoms with Gasteiger partial charge >= 0.3 is 0 Å². The van der Waals surface area contributed by atoms with E-state index in [0.717, 1.165) is 10.0 Å². The van der Waals surface area contributed by atoms with E-state index in [4.69, 9.17) is 10.5 Å². The van der Waals surface area contributed by atoms with Crippen molar-refractivity contribution in [3.8, 4) is 5.75 Å². The van der Waals surface area contributed by atoms with Gasteiger partial charge in [-0.2, -0.15) is 0 Å². The normalized spacial score (nSPS) is 11.3. The van der Waals surface area contributed by atoms with Gasteiger partial charge in [0.05, 0.1) is 10.6 Å². The second-order valence-corrected chi connectivity index (χ2v) is 7.03. The minimum atomic E-state index is -3.50. The summed E-state index contributed by atoms with van der Waals surface area (Å²) in [5, 5.41) is 0. The lowest BCUT2D eigenvalue weighted by Gasteiger charge is -2.11. The Hall–Kier alpha value is -1.57. The predicted molar refractivity (Wildman–Crippen MR) is 85.6 cm³/mol. The van der Waals surface area contributed by atoms with Gasteiger partial charge in [0.25, 0.3) is 0 Å². The maximum atomic E-state index is 11.7. The molecule has 7 heteroatoms. The molecule has 0 bridgehead atoms. The fraction of sp³-hybridized carbons (Fsp3) is 0.143. The average Bonchev–Trinajstić information content (AvgIpc) is 2.47. The van der Waals surface area contributed by atoms with Crippen LogP contribution in [0.3, 0.4) is 0 Å². The molecular weight excluding hydrogens is 356 g/mol. The van der Waals surface area contributed by atoms with E-state index in [2.05, 4.69) is 20.7 Å². The maximum Gasteiger partial charge on any atom is 0.240 e. The van der Waals surface area contributed by atoms with E-state index < -0.39 is 10.0 Å². The van der Waals surface area contributed by atoms with Crippen LogP contribution >= 0.6 is 15.9 Å². The van der Waals surface area contributed by atoms with Crippen molar-refractivity contribution < 1.29 is 13.2 Å². The van der Waals surface area contributed by atoms with Crippen molar-refractivity contribution in [2.24, 2.45) is 0 Å². The fourth-order valence-electron chi connectivity index (χ4n) is 1.71. The second kappa shape index (κ2) is 6.46. The molecular formula is C14H15BrN2O3S. The molecule has 0 saturated heterocycles. The number of anilines is 1. The van der Waals surface area contributed by atoms with Gasteiger partial charge < -0.3 is 10.5 Å². The molecule has 112 valence electrons. The third kappa shape index (κ3) is 3.75. The number of sulfonamides is 1. The molecule has 0 amide bonds. The Morgan fingerprint density at radius 3 is 2.57 bits per heavy atom. The van der Waals surface area contributed by atoms with Crippen molar-refractivity contribution in [3.05, 3.63) is 52.5 Å². The number of ether oxygens (including phenoxy) is 1. The van der Waals surface area contributed by atoms with Crippen LogP contribution in [0.15, 0.2) is 51.8 Å². The molecule has 5 nitrogen and oxygen atoms in total. The molecule has 0 unspecified atom stereocenters.